The van der Waals surface area contributed by atoms with Crippen molar-refractivity contribution in [2.75, 3.05) is 12.9 Å². The Labute approximate surface area is 183 Å². The molecule has 1 aliphatic rings. The molecule has 3 atom stereocenters. The summed E-state index contributed by atoms with van der Waals surface area (Å²) < 4.78 is 38.4. The summed E-state index contributed by atoms with van der Waals surface area (Å²) in [5.41, 5.74) is 0.240. The van der Waals surface area contributed by atoms with Crippen molar-refractivity contribution in [1.29, 1.82) is 0 Å². The zero-order chi connectivity index (χ0) is 23.1. The fraction of sp³-hybridized carbons (Fsp3) is 0.619. The van der Waals surface area contributed by atoms with Crippen molar-refractivity contribution < 1.29 is 31.7 Å². The van der Waals surface area contributed by atoms with Gasteiger partial charge in [-0.05, 0) is 45.6 Å². The van der Waals surface area contributed by atoms with Gasteiger partial charge in [0.1, 0.15) is 12.2 Å². The van der Waals surface area contributed by atoms with E-state index in [1.54, 1.807) is 20.8 Å². The smallest absolute Gasteiger partial charge is 0.407 e. The average molecular weight is 457 g/mol. The first-order valence-corrected chi connectivity index (χ1v) is 12.0. The Balaban J connectivity index is 1.94. The summed E-state index contributed by atoms with van der Waals surface area (Å²) in [7, 11) is -3.64. The normalized spacial score (nSPS) is 21.7. The van der Waals surface area contributed by atoms with E-state index in [0.29, 0.717) is 19.3 Å². The van der Waals surface area contributed by atoms with E-state index in [2.05, 4.69) is 10.6 Å². The predicted molar refractivity (Wildman–Crippen MR) is 115 cm³/mol. The zero-order valence-electron chi connectivity index (χ0n) is 18.4. The molecule has 0 spiro atoms. The molecule has 3 unspecified atom stereocenters. The molecule has 10 heteroatoms. The molecule has 31 heavy (non-hydrogen) atoms. The van der Waals surface area contributed by atoms with Gasteiger partial charge in [-0.1, -0.05) is 30.3 Å². The number of ether oxygens (including phenoxy) is 2. The Morgan fingerprint density at radius 3 is 2.35 bits per heavy atom. The molecule has 2 rings (SSSR count). The molecule has 9 nitrogen and oxygen atoms in total. The molecule has 1 fully saturated rings. The monoisotopic (exact) mass is 456 g/mol. The topological polar surface area (TPSA) is 120 Å². The van der Waals surface area contributed by atoms with Crippen LogP contribution in [-0.4, -0.2) is 51.2 Å². The maximum atomic E-state index is 12.3. The minimum atomic E-state index is -3.64. The summed E-state index contributed by atoms with van der Waals surface area (Å²) in [6, 6.07) is 8.72. The van der Waals surface area contributed by atoms with Crippen LogP contribution in [0.3, 0.4) is 0 Å². The van der Waals surface area contributed by atoms with Gasteiger partial charge in [-0.25, -0.2) is 9.59 Å². The molecule has 0 aromatic heterocycles. The Hall–Kier alpha value is -2.33. The van der Waals surface area contributed by atoms with Gasteiger partial charge in [-0.3, -0.25) is 4.18 Å². The number of carbonyl (C=O) groups is 2. The van der Waals surface area contributed by atoms with E-state index in [-0.39, 0.29) is 31.2 Å². The van der Waals surface area contributed by atoms with Crippen LogP contribution in [0.15, 0.2) is 30.3 Å². The van der Waals surface area contributed by atoms with E-state index in [0.717, 1.165) is 11.8 Å². The van der Waals surface area contributed by atoms with Gasteiger partial charge in [-0.15, -0.1) is 0 Å². The van der Waals surface area contributed by atoms with Gasteiger partial charge < -0.3 is 20.1 Å². The summed E-state index contributed by atoms with van der Waals surface area (Å²) >= 11 is 0. The van der Waals surface area contributed by atoms with Gasteiger partial charge in [0.05, 0.1) is 12.9 Å². The molecule has 0 bridgehead atoms. The van der Waals surface area contributed by atoms with E-state index in [1.165, 1.54) is 0 Å². The van der Waals surface area contributed by atoms with Gasteiger partial charge in [-0.2, -0.15) is 8.42 Å². The third-order valence-corrected chi connectivity index (χ3v) is 5.28. The first kappa shape index (κ1) is 24.9. The van der Waals surface area contributed by atoms with Crippen LogP contribution in [0, 0.1) is 5.92 Å². The molecule has 0 aliphatic heterocycles. The molecule has 1 aromatic carbocycles. The fourth-order valence-electron chi connectivity index (χ4n) is 3.37. The number of carbonyl (C=O) groups excluding carboxylic acids is 2. The van der Waals surface area contributed by atoms with Gasteiger partial charge in [0.15, 0.2) is 0 Å². The van der Waals surface area contributed by atoms with Crippen LogP contribution in [0.25, 0.3) is 0 Å². The van der Waals surface area contributed by atoms with Crippen molar-refractivity contribution in [1.82, 2.24) is 10.6 Å². The van der Waals surface area contributed by atoms with E-state index in [9.17, 15) is 18.0 Å². The number of amides is 2. The second kappa shape index (κ2) is 10.8. The van der Waals surface area contributed by atoms with Crippen LogP contribution in [-0.2, 0) is 30.4 Å². The highest BCUT2D eigenvalue weighted by Gasteiger charge is 2.34. The van der Waals surface area contributed by atoms with Crippen molar-refractivity contribution in [3.8, 4) is 0 Å². The van der Waals surface area contributed by atoms with E-state index in [4.69, 9.17) is 13.7 Å². The number of hydrogen-bond acceptors (Lipinski definition) is 7. The number of hydrogen-bond donors (Lipinski definition) is 2. The maximum absolute atomic E-state index is 12.3. The molecule has 1 aliphatic carbocycles. The SMILES string of the molecule is CC(C)(C)OC(=O)NC1CCC(NC(=O)OCc2ccccc2)C(COS(C)(=O)=O)C1. The van der Waals surface area contributed by atoms with E-state index in [1.807, 2.05) is 30.3 Å². The van der Waals surface area contributed by atoms with Gasteiger partial charge >= 0.3 is 12.2 Å². The first-order chi connectivity index (χ1) is 14.4. The van der Waals surface area contributed by atoms with Crippen LogP contribution >= 0.6 is 0 Å². The van der Waals surface area contributed by atoms with Crippen LogP contribution in [0.2, 0.25) is 0 Å². The van der Waals surface area contributed by atoms with Gasteiger partial charge in [0, 0.05) is 18.0 Å². The van der Waals surface area contributed by atoms with Crippen LogP contribution in [0.4, 0.5) is 9.59 Å². The lowest BCUT2D eigenvalue weighted by molar-refractivity contribution is 0.0462. The standard InChI is InChI=1S/C21H32N2O7S/c1-21(2,3)30-20(25)22-17-10-11-18(16(12-17)14-29-31(4,26)27)23-19(24)28-13-15-8-6-5-7-9-15/h5-9,16-18H,10-14H2,1-4H3,(H,22,25)(H,23,24). The highest BCUT2D eigenvalue weighted by atomic mass is 32.2. The van der Waals surface area contributed by atoms with E-state index >= 15 is 0 Å². The lowest BCUT2D eigenvalue weighted by atomic mass is 9.82. The Kier molecular flexibility index (Phi) is 8.69. The summed E-state index contributed by atoms with van der Waals surface area (Å²) in [6.07, 6.45) is 1.41. The van der Waals surface area contributed by atoms with E-state index < -0.39 is 27.9 Å². The molecule has 2 amide bonds. The second-order valence-corrected chi connectivity index (χ2v) is 10.4. The molecular weight excluding hydrogens is 424 g/mol. The lowest BCUT2D eigenvalue weighted by Gasteiger charge is -2.36. The zero-order valence-corrected chi connectivity index (χ0v) is 19.2. The first-order valence-electron chi connectivity index (χ1n) is 10.2. The minimum Gasteiger partial charge on any atom is -0.445 e. The number of nitrogens with one attached hydrogen (secondary N) is 2. The second-order valence-electron chi connectivity index (χ2n) is 8.72. The summed E-state index contributed by atoms with van der Waals surface area (Å²) in [5, 5.41) is 5.62. The van der Waals surface area contributed by atoms with Gasteiger partial charge in [0.25, 0.3) is 10.1 Å². The number of rotatable bonds is 7. The summed E-state index contributed by atoms with van der Waals surface area (Å²) in [5.74, 6) is -0.326. The van der Waals surface area contributed by atoms with Crippen molar-refractivity contribution in [2.45, 2.75) is 64.3 Å². The number of alkyl carbamates (subject to hydrolysis) is 2. The van der Waals surface area contributed by atoms with Crippen LogP contribution in [0.1, 0.15) is 45.6 Å². The van der Waals surface area contributed by atoms with Crippen molar-refractivity contribution in [2.24, 2.45) is 5.92 Å². The molecule has 0 heterocycles. The van der Waals surface area contributed by atoms with Crippen LogP contribution in [0.5, 0.6) is 0 Å². The predicted octanol–water partition coefficient (Wildman–Crippen LogP) is 2.95. The van der Waals surface area contributed by atoms with Gasteiger partial charge in [0.2, 0.25) is 0 Å². The fourth-order valence-corrected chi connectivity index (χ4v) is 3.79. The summed E-state index contributed by atoms with van der Waals surface area (Å²) in [6.45, 7) is 5.35. The Morgan fingerprint density at radius 2 is 1.74 bits per heavy atom. The average Bonchev–Trinajstić information content (AvgIpc) is 2.65. The lowest BCUT2D eigenvalue weighted by Crippen LogP contribution is -2.50. The highest BCUT2D eigenvalue weighted by molar-refractivity contribution is 7.85. The Morgan fingerprint density at radius 1 is 1.06 bits per heavy atom. The third-order valence-electron chi connectivity index (χ3n) is 4.72. The van der Waals surface area contributed by atoms with Crippen LogP contribution < -0.4 is 10.6 Å². The molecule has 1 saturated carbocycles. The van der Waals surface area contributed by atoms with Crippen molar-refractivity contribution in [3.05, 3.63) is 35.9 Å². The molecule has 0 radical (unpaired) electrons. The Bertz CT molecular complexity index is 837. The molecule has 1 aromatic rings. The molecule has 174 valence electrons. The molecule has 2 N–H and O–H groups in total. The van der Waals surface area contributed by atoms with Crippen molar-refractivity contribution >= 4 is 22.3 Å². The maximum Gasteiger partial charge on any atom is 0.407 e. The highest BCUT2D eigenvalue weighted by Crippen LogP contribution is 2.26. The minimum absolute atomic E-state index is 0.102. The molecule has 0 saturated heterocycles. The summed E-state index contributed by atoms with van der Waals surface area (Å²) in [4.78, 5) is 24.3. The largest absolute Gasteiger partial charge is 0.445 e. The quantitative estimate of drug-likeness (QED) is 0.605. The van der Waals surface area contributed by atoms with Crippen molar-refractivity contribution in [3.63, 3.8) is 0 Å². The molecular formula is C21H32N2O7S. The number of benzene rings is 1. The third kappa shape index (κ3) is 10.0.